The number of aromatic nitrogens is 1. The van der Waals surface area contributed by atoms with E-state index in [9.17, 15) is 27.1 Å². The molecule has 1 fully saturated rings. The molecule has 0 atom stereocenters. The van der Waals surface area contributed by atoms with Crippen molar-refractivity contribution in [3.63, 3.8) is 0 Å². The first-order valence-electron chi connectivity index (χ1n) is 11.6. The summed E-state index contributed by atoms with van der Waals surface area (Å²) < 4.78 is 58.0. The molecule has 10 heteroatoms. The van der Waals surface area contributed by atoms with Crippen LogP contribution in [0.1, 0.15) is 28.8 Å². The first-order valence-corrected chi connectivity index (χ1v) is 13.1. The van der Waals surface area contributed by atoms with Crippen molar-refractivity contribution >= 4 is 32.5 Å². The Labute approximate surface area is 212 Å². The van der Waals surface area contributed by atoms with E-state index in [4.69, 9.17) is 0 Å². The zero-order valence-electron chi connectivity index (χ0n) is 19.6. The quantitative estimate of drug-likeness (QED) is 0.403. The second-order valence-electron chi connectivity index (χ2n) is 8.94. The SMILES string of the molecule is O=C(c1cc(F)c(NS(=O)(=O)c2cccc3cccnc23)cc1F)N1CCC(O)(c2ccccc2)CC1. The summed E-state index contributed by atoms with van der Waals surface area (Å²) in [5.41, 5.74) is -1.33. The smallest absolute Gasteiger partial charge is 0.264 e. The van der Waals surface area contributed by atoms with Crippen molar-refractivity contribution in [1.82, 2.24) is 9.88 Å². The monoisotopic (exact) mass is 523 g/mol. The molecular weight excluding hydrogens is 500 g/mol. The third-order valence-electron chi connectivity index (χ3n) is 6.61. The molecule has 1 aliphatic heterocycles. The van der Waals surface area contributed by atoms with E-state index >= 15 is 0 Å². The van der Waals surface area contributed by atoms with Crippen LogP contribution < -0.4 is 4.72 Å². The molecule has 1 amide bonds. The van der Waals surface area contributed by atoms with Crippen LogP contribution >= 0.6 is 0 Å². The summed E-state index contributed by atoms with van der Waals surface area (Å²) in [6.45, 7) is 0.293. The van der Waals surface area contributed by atoms with Gasteiger partial charge in [-0.05, 0) is 36.6 Å². The summed E-state index contributed by atoms with van der Waals surface area (Å²) in [5.74, 6) is -2.90. The molecule has 37 heavy (non-hydrogen) atoms. The number of carbonyl (C=O) groups excluding carboxylic acids is 1. The van der Waals surface area contributed by atoms with Crippen LogP contribution in [0.4, 0.5) is 14.5 Å². The molecule has 5 rings (SSSR count). The first-order chi connectivity index (χ1) is 17.7. The second kappa shape index (κ2) is 9.53. The zero-order chi connectivity index (χ0) is 26.2. The third kappa shape index (κ3) is 4.77. The van der Waals surface area contributed by atoms with E-state index in [1.54, 1.807) is 30.3 Å². The molecule has 0 spiro atoms. The van der Waals surface area contributed by atoms with Crippen LogP contribution in [0.3, 0.4) is 0 Å². The number of piperidine rings is 1. The normalized spacial score (nSPS) is 15.5. The molecule has 190 valence electrons. The van der Waals surface area contributed by atoms with Gasteiger partial charge in [-0.15, -0.1) is 0 Å². The number of fused-ring (bicyclic) bond motifs is 1. The average Bonchev–Trinajstić information content (AvgIpc) is 2.90. The number of sulfonamides is 1. The van der Waals surface area contributed by atoms with Gasteiger partial charge in [-0.25, -0.2) is 17.2 Å². The minimum absolute atomic E-state index is 0.147. The molecular formula is C27H23F2N3O4S. The van der Waals surface area contributed by atoms with Crippen LogP contribution in [-0.2, 0) is 15.6 Å². The fourth-order valence-corrected chi connectivity index (χ4v) is 5.81. The van der Waals surface area contributed by atoms with Crippen LogP contribution in [0.25, 0.3) is 10.9 Å². The highest BCUT2D eigenvalue weighted by Crippen LogP contribution is 2.34. The molecule has 3 aromatic carbocycles. The number of anilines is 1. The minimum atomic E-state index is -4.31. The lowest BCUT2D eigenvalue weighted by atomic mass is 9.84. The van der Waals surface area contributed by atoms with E-state index < -0.39 is 44.4 Å². The lowest BCUT2D eigenvalue weighted by Crippen LogP contribution is -2.45. The van der Waals surface area contributed by atoms with Gasteiger partial charge in [0.2, 0.25) is 0 Å². The van der Waals surface area contributed by atoms with E-state index in [0.717, 1.165) is 5.56 Å². The summed E-state index contributed by atoms with van der Waals surface area (Å²) >= 11 is 0. The van der Waals surface area contributed by atoms with Gasteiger partial charge in [0.15, 0.2) is 0 Å². The molecule has 1 aromatic heterocycles. The van der Waals surface area contributed by atoms with E-state index in [1.807, 2.05) is 18.2 Å². The van der Waals surface area contributed by atoms with Crippen molar-refractivity contribution in [3.8, 4) is 0 Å². The summed E-state index contributed by atoms with van der Waals surface area (Å²) in [5, 5.41) is 11.5. The fourth-order valence-electron chi connectivity index (χ4n) is 4.57. The molecule has 1 aliphatic rings. The number of rotatable bonds is 5. The number of aliphatic hydroxyl groups is 1. The van der Waals surface area contributed by atoms with Gasteiger partial charge in [-0.1, -0.05) is 48.5 Å². The molecule has 7 nitrogen and oxygen atoms in total. The number of likely N-dealkylation sites (tertiary alicyclic amines) is 1. The van der Waals surface area contributed by atoms with Gasteiger partial charge in [0, 0.05) is 30.7 Å². The summed E-state index contributed by atoms with van der Waals surface area (Å²) in [4.78, 5) is 18.2. The Bertz CT molecular complexity index is 1580. The Kier molecular flexibility index (Phi) is 6.38. The van der Waals surface area contributed by atoms with Gasteiger partial charge in [-0.3, -0.25) is 14.5 Å². The third-order valence-corrected chi connectivity index (χ3v) is 8.00. The molecule has 0 unspecified atom stereocenters. The maximum atomic E-state index is 15.0. The van der Waals surface area contributed by atoms with E-state index in [0.29, 0.717) is 17.5 Å². The highest BCUT2D eigenvalue weighted by atomic mass is 32.2. The van der Waals surface area contributed by atoms with Crippen LogP contribution in [0.15, 0.2) is 83.9 Å². The van der Waals surface area contributed by atoms with Gasteiger partial charge in [0.05, 0.1) is 22.4 Å². The van der Waals surface area contributed by atoms with Gasteiger partial charge < -0.3 is 10.0 Å². The maximum Gasteiger partial charge on any atom is 0.264 e. The van der Waals surface area contributed by atoms with Gasteiger partial charge >= 0.3 is 0 Å². The Balaban J connectivity index is 1.35. The number of carbonyl (C=O) groups is 1. The highest BCUT2D eigenvalue weighted by molar-refractivity contribution is 7.93. The van der Waals surface area contributed by atoms with E-state index in [2.05, 4.69) is 9.71 Å². The van der Waals surface area contributed by atoms with Crippen molar-refractivity contribution < 1.29 is 27.1 Å². The lowest BCUT2D eigenvalue weighted by molar-refractivity contribution is -0.0212. The zero-order valence-corrected chi connectivity index (χ0v) is 20.4. The Morgan fingerprint density at radius 1 is 0.946 bits per heavy atom. The molecule has 0 aliphatic carbocycles. The number of pyridine rings is 1. The molecule has 2 heterocycles. The number of halogens is 2. The Hall–Kier alpha value is -3.89. The summed E-state index contributed by atoms with van der Waals surface area (Å²) in [7, 11) is -4.31. The van der Waals surface area contributed by atoms with Crippen molar-refractivity contribution in [2.24, 2.45) is 0 Å². The predicted octanol–water partition coefficient (Wildman–Crippen LogP) is 4.44. The second-order valence-corrected chi connectivity index (χ2v) is 10.6. The maximum absolute atomic E-state index is 15.0. The minimum Gasteiger partial charge on any atom is -0.385 e. The predicted molar refractivity (Wildman–Crippen MR) is 134 cm³/mol. The average molecular weight is 524 g/mol. The Morgan fingerprint density at radius 2 is 1.65 bits per heavy atom. The van der Waals surface area contributed by atoms with Crippen LogP contribution in [0.2, 0.25) is 0 Å². The molecule has 0 saturated carbocycles. The van der Waals surface area contributed by atoms with Gasteiger partial charge in [0.1, 0.15) is 16.5 Å². The lowest BCUT2D eigenvalue weighted by Gasteiger charge is -2.38. The molecule has 1 saturated heterocycles. The number of amides is 1. The van der Waals surface area contributed by atoms with E-state index in [1.165, 1.54) is 23.2 Å². The van der Waals surface area contributed by atoms with Crippen LogP contribution in [0.5, 0.6) is 0 Å². The van der Waals surface area contributed by atoms with Crippen molar-refractivity contribution in [3.05, 3.63) is 102 Å². The summed E-state index contributed by atoms with van der Waals surface area (Å²) in [6, 6.07) is 18.3. The van der Waals surface area contributed by atoms with Crippen molar-refractivity contribution in [2.45, 2.75) is 23.3 Å². The first kappa shape index (κ1) is 24.8. The fraction of sp³-hybridized carbons (Fsp3) is 0.185. The van der Waals surface area contributed by atoms with Crippen molar-refractivity contribution in [1.29, 1.82) is 0 Å². The number of nitrogens with zero attached hydrogens (tertiary/aromatic N) is 2. The van der Waals surface area contributed by atoms with Gasteiger partial charge in [0.25, 0.3) is 15.9 Å². The number of nitrogens with one attached hydrogen (secondary N) is 1. The topological polar surface area (TPSA) is 99.6 Å². The number of benzene rings is 3. The molecule has 4 aromatic rings. The van der Waals surface area contributed by atoms with Crippen molar-refractivity contribution in [2.75, 3.05) is 17.8 Å². The molecule has 2 N–H and O–H groups in total. The Morgan fingerprint density at radius 3 is 2.38 bits per heavy atom. The number of hydrogen-bond acceptors (Lipinski definition) is 5. The number of hydrogen-bond donors (Lipinski definition) is 2. The van der Waals surface area contributed by atoms with E-state index in [-0.39, 0.29) is 36.3 Å². The molecule has 0 radical (unpaired) electrons. The largest absolute Gasteiger partial charge is 0.385 e. The van der Waals surface area contributed by atoms with Crippen LogP contribution in [-0.4, -0.2) is 42.4 Å². The van der Waals surface area contributed by atoms with Crippen LogP contribution in [0, 0.1) is 11.6 Å². The molecule has 0 bridgehead atoms. The highest BCUT2D eigenvalue weighted by Gasteiger charge is 2.36. The standard InChI is InChI=1S/C27H23F2N3O4S/c28-21-17-23(31-37(35,36)24-10-4-6-18-7-5-13-30-25(18)24)22(29)16-20(21)26(33)32-14-11-27(34,12-15-32)19-8-2-1-3-9-19/h1-10,13,16-17,31,34H,11-12,14-15H2. The number of para-hydroxylation sites is 1. The van der Waals surface area contributed by atoms with Gasteiger partial charge in [-0.2, -0.15) is 0 Å². The summed E-state index contributed by atoms with van der Waals surface area (Å²) in [6.07, 6.45) is 1.91.